The van der Waals surface area contributed by atoms with Crippen LogP contribution in [0.3, 0.4) is 0 Å². The summed E-state index contributed by atoms with van der Waals surface area (Å²) in [6, 6.07) is 4.84. The average molecular weight is 577 g/mol. The standard InChI is InChI=1S/C28H19F4N7O3/c1-11(39-27(41)12-4-2-3-5-13(12)28(39)42)20-23(30)22(25(31)32)21(15-7-34-37-24(15)20)17-9-38-10-18(35-19(38)8-33-17)36-26(40)14-6-16(14)29/h2-5,7-11,14,16,25H,6H2,1H3,(H,34,37)(H,36,40). The minimum atomic E-state index is -3.31. The molecule has 0 saturated heterocycles. The van der Waals surface area contributed by atoms with E-state index in [0.717, 1.165) is 4.90 Å². The quantitative estimate of drug-likeness (QED) is 0.216. The highest BCUT2D eigenvalue weighted by molar-refractivity contribution is 6.21. The number of alkyl halides is 3. The third-order valence-electron chi connectivity index (χ3n) is 7.67. The first-order valence-corrected chi connectivity index (χ1v) is 12.9. The van der Waals surface area contributed by atoms with Gasteiger partial charge in [-0.2, -0.15) is 5.10 Å². The van der Waals surface area contributed by atoms with Crippen LogP contribution in [-0.2, 0) is 4.79 Å². The third kappa shape index (κ3) is 3.78. The van der Waals surface area contributed by atoms with Gasteiger partial charge >= 0.3 is 0 Å². The molecule has 3 atom stereocenters. The number of imidazole rings is 1. The van der Waals surface area contributed by atoms with Crippen molar-refractivity contribution in [3.8, 4) is 11.3 Å². The van der Waals surface area contributed by atoms with Gasteiger partial charge < -0.3 is 9.72 Å². The Morgan fingerprint density at radius 1 is 1.10 bits per heavy atom. The number of imide groups is 1. The van der Waals surface area contributed by atoms with Crippen molar-refractivity contribution in [2.45, 2.75) is 32.0 Å². The van der Waals surface area contributed by atoms with E-state index in [-0.39, 0.29) is 56.7 Å². The van der Waals surface area contributed by atoms with E-state index < -0.39 is 53.7 Å². The van der Waals surface area contributed by atoms with E-state index in [1.54, 1.807) is 12.1 Å². The molecule has 0 radical (unpaired) electrons. The number of aromatic amines is 1. The first kappa shape index (κ1) is 25.8. The Morgan fingerprint density at radius 2 is 1.79 bits per heavy atom. The molecule has 1 aliphatic carbocycles. The van der Waals surface area contributed by atoms with Crippen molar-refractivity contribution in [2.75, 3.05) is 5.32 Å². The Morgan fingerprint density at radius 3 is 2.43 bits per heavy atom. The normalized spacial score (nSPS) is 18.8. The molecule has 3 aromatic heterocycles. The number of fused-ring (bicyclic) bond motifs is 3. The minimum Gasteiger partial charge on any atom is -0.309 e. The molecule has 1 aliphatic heterocycles. The Balaban J connectivity index is 1.33. The number of halogens is 4. The smallest absolute Gasteiger partial charge is 0.267 e. The lowest BCUT2D eigenvalue weighted by atomic mass is 9.92. The number of nitrogens with zero attached hydrogens (tertiary/aromatic N) is 5. The average Bonchev–Trinajstić information content (AvgIpc) is 3.24. The van der Waals surface area contributed by atoms with E-state index in [1.165, 1.54) is 48.2 Å². The molecule has 4 heterocycles. The number of amides is 3. The summed E-state index contributed by atoms with van der Waals surface area (Å²) in [5.74, 6) is -3.81. The van der Waals surface area contributed by atoms with Gasteiger partial charge in [-0.25, -0.2) is 22.5 Å². The molecule has 3 amide bonds. The number of carbonyl (C=O) groups excluding carboxylic acids is 3. The van der Waals surface area contributed by atoms with Gasteiger partial charge in [0.15, 0.2) is 11.5 Å². The largest absolute Gasteiger partial charge is 0.309 e. The summed E-state index contributed by atoms with van der Waals surface area (Å²) in [7, 11) is 0. The van der Waals surface area contributed by atoms with Gasteiger partial charge in [0.2, 0.25) is 5.91 Å². The van der Waals surface area contributed by atoms with Gasteiger partial charge in [-0.05, 0) is 25.5 Å². The van der Waals surface area contributed by atoms with Gasteiger partial charge in [-0.3, -0.25) is 29.4 Å². The third-order valence-corrected chi connectivity index (χ3v) is 7.67. The summed E-state index contributed by atoms with van der Waals surface area (Å²) in [6.45, 7) is 1.38. The SMILES string of the molecule is CC(c1c(F)c(C(F)F)c(-c2cn3cc(NC(=O)C4CC4F)nc3cn2)c2cn[nH]c12)N1C(=O)c2ccccc2C1=O. The van der Waals surface area contributed by atoms with Crippen LogP contribution in [0, 0.1) is 11.7 Å². The van der Waals surface area contributed by atoms with E-state index in [2.05, 4.69) is 25.5 Å². The predicted molar refractivity (Wildman–Crippen MR) is 140 cm³/mol. The van der Waals surface area contributed by atoms with Gasteiger partial charge in [0.25, 0.3) is 18.2 Å². The second-order valence-corrected chi connectivity index (χ2v) is 10.2. The number of anilines is 1. The number of aromatic nitrogens is 5. The number of benzene rings is 2. The van der Waals surface area contributed by atoms with Crippen LogP contribution in [0.15, 0.2) is 49.1 Å². The molecule has 1 saturated carbocycles. The molecule has 42 heavy (non-hydrogen) atoms. The maximum Gasteiger partial charge on any atom is 0.267 e. The molecule has 2 aromatic carbocycles. The van der Waals surface area contributed by atoms with Gasteiger partial charge in [0.1, 0.15) is 12.0 Å². The number of hydrogen-bond donors (Lipinski definition) is 2. The molecule has 10 nitrogen and oxygen atoms in total. The molecule has 2 aliphatic rings. The maximum atomic E-state index is 16.2. The van der Waals surface area contributed by atoms with Crippen LogP contribution in [-0.4, -0.2) is 53.4 Å². The molecule has 14 heteroatoms. The van der Waals surface area contributed by atoms with Crippen LogP contribution < -0.4 is 5.32 Å². The molecule has 5 aromatic rings. The maximum absolute atomic E-state index is 16.2. The number of carbonyl (C=O) groups is 3. The summed E-state index contributed by atoms with van der Waals surface area (Å²) in [5.41, 5.74) is -1.07. The van der Waals surface area contributed by atoms with Crippen LogP contribution in [0.25, 0.3) is 27.8 Å². The van der Waals surface area contributed by atoms with Crippen LogP contribution in [0.1, 0.15) is 57.7 Å². The van der Waals surface area contributed by atoms with Crippen molar-refractivity contribution in [3.05, 3.63) is 77.1 Å². The molecular weight excluding hydrogens is 558 g/mol. The summed E-state index contributed by atoms with van der Waals surface area (Å²) in [5, 5.41) is 9.19. The Bertz CT molecular complexity index is 1940. The highest BCUT2D eigenvalue weighted by Crippen LogP contribution is 2.44. The molecule has 3 unspecified atom stereocenters. The minimum absolute atomic E-state index is 0.0154. The van der Waals surface area contributed by atoms with Gasteiger partial charge in [-0.15, -0.1) is 0 Å². The summed E-state index contributed by atoms with van der Waals surface area (Å²) >= 11 is 0. The lowest BCUT2D eigenvalue weighted by molar-refractivity contribution is -0.117. The Labute approximate surface area is 233 Å². The highest BCUT2D eigenvalue weighted by Gasteiger charge is 2.44. The molecule has 7 rings (SSSR count). The molecule has 0 spiro atoms. The van der Waals surface area contributed by atoms with Crippen LogP contribution in [0.4, 0.5) is 23.4 Å². The number of H-pyrrole nitrogens is 1. The zero-order chi connectivity index (χ0) is 29.4. The van der Waals surface area contributed by atoms with Crippen molar-refractivity contribution in [3.63, 3.8) is 0 Å². The van der Waals surface area contributed by atoms with Crippen molar-refractivity contribution >= 4 is 40.1 Å². The summed E-state index contributed by atoms with van der Waals surface area (Å²) in [4.78, 5) is 47.6. The first-order valence-electron chi connectivity index (χ1n) is 12.9. The fourth-order valence-corrected chi connectivity index (χ4v) is 5.50. The number of hydrogen-bond acceptors (Lipinski definition) is 6. The summed E-state index contributed by atoms with van der Waals surface area (Å²) < 4.78 is 60.1. The molecular formula is C28H19F4N7O3. The molecule has 1 fully saturated rings. The zero-order valence-electron chi connectivity index (χ0n) is 21.6. The van der Waals surface area contributed by atoms with Crippen molar-refractivity contribution in [2.24, 2.45) is 5.92 Å². The van der Waals surface area contributed by atoms with Gasteiger partial charge in [0.05, 0.1) is 58.5 Å². The van der Waals surface area contributed by atoms with E-state index >= 15 is 4.39 Å². The van der Waals surface area contributed by atoms with Crippen LogP contribution in [0.2, 0.25) is 0 Å². The number of rotatable bonds is 6. The Hall–Kier alpha value is -5.14. The zero-order valence-corrected chi connectivity index (χ0v) is 21.6. The highest BCUT2D eigenvalue weighted by atomic mass is 19.3. The van der Waals surface area contributed by atoms with Crippen LogP contribution >= 0.6 is 0 Å². The van der Waals surface area contributed by atoms with Gasteiger partial charge in [0, 0.05) is 22.7 Å². The molecule has 0 bridgehead atoms. The topological polar surface area (TPSA) is 125 Å². The van der Waals surface area contributed by atoms with Crippen molar-refractivity contribution < 1.29 is 31.9 Å². The van der Waals surface area contributed by atoms with Crippen molar-refractivity contribution in [1.29, 1.82) is 0 Å². The van der Waals surface area contributed by atoms with Gasteiger partial charge in [-0.1, -0.05) is 12.1 Å². The second-order valence-electron chi connectivity index (χ2n) is 10.2. The Kier molecular flexibility index (Phi) is 5.65. The lowest BCUT2D eigenvalue weighted by Crippen LogP contribution is -2.33. The summed E-state index contributed by atoms with van der Waals surface area (Å²) in [6.07, 6.45) is 0.866. The fourth-order valence-electron chi connectivity index (χ4n) is 5.50. The molecule has 2 N–H and O–H groups in total. The lowest BCUT2D eigenvalue weighted by Gasteiger charge is -2.25. The van der Waals surface area contributed by atoms with E-state index in [0.29, 0.717) is 0 Å². The predicted octanol–water partition coefficient (Wildman–Crippen LogP) is 5.00. The second kappa shape index (κ2) is 9.19. The van der Waals surface area contributed by atoms with Crippen LogP contribution in [0.5, 0.6) is 0 Å². The number of nitrogens with one attached hydrogen (secondary N) is 2. The first-order chi connectivity index (χ1) is 20.2. The fraction of sp³-hybridized carbons (Fsp3) is 0.214. The van der Waals surface area contributed by atoms with Crippen molar-refractivity contribution in [1.82, 2.24) is 29.5 Å². The molecule has 212 valence electrons. The van der Waals surface area contributed by atoms with E-state index in [4.69, 9.17) is 0 Å². The van der Waals surface area contributed by atoms with E-state index in [1.807, 2.05) is 0 Å². The van der Waals surface area contributed by atoms with E-state index in [9.17, 15) is 27.6 Å². The monoisotopic (exact) mass is 577 g/mol.